The lowest BCUT2D eigenvalue weighted by Crippen LogP contribution is -2.36. The Morgan fingerprint density at radius 1 is 0.950 bits per heavy atom. The molecule has 20 heavy (non-hydrogen) atoms. The van der Waals surface area contributed by atoms with Gasteiger partial charge in [-0.25, -0.2) is 0 Å². The van der Waals surface area contributed by atoms with Crippen molar-refractivity contribution in [3.05, 3.63) is 69.7 Å². The van der Waals surface area contributed by atoms with E-state index in [2.05, 4.69) is 17.4 Å². The SMILES string of the molecule is Clc1ccc(Cl)c(C2CNCC(c3ccccc3)O2)c1. The van der Waals surface area contributed by atoms with Crippen molar-refractivity contribution >= 4 is 23.2 Å². The maximum Gasteiger partial charge on any atom is 0.0973 e. The van der Waals surface area contributed by atoms with Gasteiger partial charge in [-0.1, -0.05) is 53.5 Å². The number of hydrogen-bond donors (Lipinski definition) is 1. The lowest BCUT2D eigenvalue weighted by Gasteiger charge is -2.32. The molecule has 2 atom stereocenters. The summed E-state index contributed by atoms with van der Waals surface area (Å²) in [6.07, 6.45) is -0.0508. The Morgan fingerprint density at radius 2 is 1.70 bits per heavy atom. The van der Waals surface area contributed by atoms with Crippen LogP contribution in [0.5, 0.6) is 0 Å². The van der Waals surface area contributed by atoms with Crippen LogP contribution in [0.15, 0.2) is 48.5 Å². The second kappa shape index (κ2) is 6.15. The van der Waals surface area contributed by atoms with Crippen LogP contribution in [0.2, 0.25) is 10.0 Å². The summed E-state index contributed by atoms with van der Waals surface area (Å²) in [6.45, 7) is 1.54. The summed E-state index contributed by atoms with van der Waals surface area (Å²) in [4.78, 5) is 0. The van der Waals surface area contributed by atoms with Crippen LogP contribution < -0.4 is 5.32 Å². The predicted molar refractivity (Wildman–Crippen MR) is 82.3 cm³/mol. The Balaban J connectivity index is 1.83. The van der Waals surface area contributed by atoms with Gasteiger partial charge in [0.25, 0.3) is 0 Å². The molecule has 0 amide bonds. The van der Waals surface area contributed by atoms with Gasteiger partial charge in [0.1, 0.15) is 0 Å². The zero-order valence-corrected chi connectivity index (χ0v) is 12.4. The molecular formula is C16H15Cl2NO. The van der Waals surface area contributed by atoms with E-state index in [4.69, 9.17) is 27.9 Å². The molecule has 4 heteroatoms. The van der Waals surface area contributed by atoms with E-state index in [0.29, 0.717) is 10.0 Å². The third kappa shape index (κ3) is 2.99. The number of hydrogen-bond acceptors (Lipinski definition) is 2. The van der Waals surface area contributed by atoms with Gasteiger partial charge in [-0.05, 0) is 23.8 Å². The number of halogens is 2. The highest BCUT2D eigenvalue weighted by molar-refractivity contribution is 6.33. The summed E-state index contributed by atoms with van der Waals surface area (Å²) in [5.74, 6) is 0. The van der Waals surface area contributed by atoms with Crippen LogP contribution in [0.1, 0.15) is 23.3 Å². The van der Waals surface area contributed by atoms with Crippen LogP contribution in [0.25, 0.3) is 0 Å². The fraction of sp³-hybridized carbons (Fsp3) is 0.250. The second-order valence-electron chi connectivity index (χ2n) is 4.85. The molecule has 2 aromatic rings. The Labute approximate surface area is 128 Å². The standard InChI is InChI=1S/C16H15Cl2NO/c17-12-6-7-14(18)13(8-12)16-10-19-9-15(20-16)11-4-2-1-3-5-11/h1-8,15-16,19H,9-10H2. The molecule has 1 N–H and O–H groups in total. The molecule has 1 aliphatic heterocycles. The third-order valence-corrected chi connectivity index (χ3v) is 4.04. The van der Waals surface area contributed by atoms with E-state index in [9.17, 15) is 0 Å². The van der Waals surface area contributed by atoms with Gasteiger partial charge in [-0.3, -0.25) is 0 Å². The average Bonchev–Trinajstić information content (AvgIpc) is 2.51. The van der Waals surface area contributed by atoms with Crippen molar-refractivity contribution in [2.24, 2.45) is 0 Å². The first kappa shape index (κ1) is 13.9. The Bertz CT molecular complexity index is 588. The molecule has 0 aromatic heterocycles. The highest BCUT2D eigenvalue weighted by atomic mass is 35.5. The molecule has 1 fully saturated rings. The van der Waals surface area contributed by atoms with Gasteiger partial charge in [-0.15, -0.1) is 0 Å². The zero-order valence-electron chi connectivity index (χ0n) is 10.9. The molecule has 3 rings (SSSR count). The normalized spacial score (nSPS) is 22.7. The van der Waals surface area contributed by atoms with E-state index in [0.717, 1.165) is 18.7 Å². The fourth-order valence-corrected chi connectivity index (χ4v) is 2.87. The van der Waals surface area contributed by atoms with E-state index < -0.39 is 0 Å². The summed E-state index contributed by atoms with van der Waals surface area (Å²) in [7, 11) is 0. The Kier molecular flexibility index (Phi) is 4.27. The van der Waals surface area contributed by atoms with Crippen molar-refractivity contribution in [3.63, 3.8) is 0 Å². The van der Waals surface area contributed by atoms with E-state index >= 15 is 0 Å². The molecule has 2 nitrogen and oxygen atoms in total. The molecule has 0 saturated carbocycles. The maximum atomic E-state index is 6.26. The van der Waals surface area contributed by atoms with Crippen LogP contribution in [-0.2, 0) is 4.74 Å². The number of rotatable bonds is 2. The van der Waals surface area contributed by atoms with Gasteiger partial charge in [0, 0.05) is 28.7 Å². The number of morpholine rings is 1. The minimum absolute atomic E-state index is 0.0324. The van der Waals surface area contributed by atoms with Crippen LogP contribution in [0.4, 0.5) is 0 Å². The Morgan fingerprint density at radius 3 is 2.50 bits per heavy atom. The maximum absolute atomic E-state index is 6.26. The Hall–Kier alpha value is -1.06. The van der Waals surface area contributed by atoms with Crippen molar-refractivity contribution < 1.29 is 4.74 Å². The minimum Gasteiger partial charge on any atom is -0.363 e. The van der Waals surface area contributed by atoms with E-state index in [1.807, 2.05) is 30.3 Å². The molecule has 0 bridgehead atoms. The third-order valence-electron chi connectivity index (χ3n) is 3.46. The van der Waals surface area contributed by atoms with Gasteiger partial charge in [0.05, 0.1) is 12.2 Å². The lowest BCUT2D eigenvalue weighted by molar-refractivity contribution is -0.0405. The molecule has 1 heterocycles. The minimum atomic E-state index is -0.0832. The first-order chi connectivity index (χ1) is 9.74. The van der Waals surface area contributed by atoms with Gasteiger partial charge in [-0.2, -0.15) is 0 Å². The molecule has 2 aromatic carbocycles. The summed E-state index contributed by atoms with van der Waals surface area (Å²) in [5, 5.41) is 4.77. The van der Waals surface area contributed by atoms with Crippen LogP contribution >= 0.6 is 23.2 Å². The first-order valence-electron chi connectivity index (χ1n) is 6.60. The monoisotopic (exact) mass is 307 g/mol. The zero-order chi connectivity index (χ0) is 13.9. The van der Waals surface area contributed by atoms with Gasteiger partial charge >= 0.3 is 0 Å². The summed E-state index contributed by atoms with van der Waals surface area (Å²) < 4.78 is 6.19. The highest BCUT2D eigenvalue weighted by Crippen LogP contribution is 2.34. The summed E-state index contributed by atoms with van der Waals surface area (Å²) in [6, 6.07) is 15.7. The van der Waals surface area contributed by atoms with Crippen molar-refractivity contribution in [2.75, 3.05) is 13.1 Å². The predicted octanol–water partition coefficient (Wildman–Crippen LogP) is 4.40. The van der Waals surface area contributed by atoms with E-state index in [-0.39, 0.29) is 12.2 Å². The largest absolute Gasteiger partial charge is 0.363 e. The summed E-state index contributed by atoms with van der Waals surface area (Å²) >= 11 is 12.3. The topological polar surface area (TPSA) is 21.3 Å². The number of benzene rings is 2. The first-order valence-corrected chi connectivity index (χ1v) is 7.35. The average molecular weight is 308 g/mol. The van der Waals surface area contributed by atoms with Crippen molar-refractivity contribution in [2.45, 2.75) is 12.2 Å². The molecule has 0 aliphatic carbocycles. The molecule has 0 radical (unpaired) electrons. The van der Waals surface area contributed by atoms with Gasteiger partial charge in [0.15, 0.2) is 0 Å². The van der Waals surface area contributed by atoms with Crippen molar-refractivity contribution in [1.29, 1.82) is 0 Å². The van der Waals surface area contributed by atoms with E-state index in [1.165, 1.54) is 5.56 Å². The smallest absolute Gasteiger partial charge is 0.0973 e. The van der Waals surface area contributed by atoms with E-state index in [1.54, 1.807) is 6.07 Å². The second-order valence-corrected chi connectivity index (χ2v) is 5.69. The van der Waals surface area contributed by atoms with Crippen molar-refractivity contribution in [1.82, 2.24) is 5.32 Å². The molecule has 104 valence electrons. The number of nitrogens with one attached hydrogen (secondary N) is 1. The molecule has 1 saturated heterocycles. The lowest BCUT2D eigenvalue weighted by atomic mass is 10.0. The van der Waals surface area contributed by atoms with Gasteiger partial charge < -0.3 is 10.1 Å². The van der Waals surface area contributed by atoms with Crippen molar-refractivity contribution in [3.8, 4) is 0 Å². The quantitative estimate of drug-likeness (QED) is 0.888. The molecular weight excluding hydrogens is 293 g/mol. The molecule has 2 unspecified atom stereocenters. The summed E-state index contributed by atoms with van der Waals surface area (Å²) in [5.41, 5.74) is 2.11. The number of ether oxygens (including phenoxy) is 1. The molecule has 1 aliphatic rings. The van der Waals surface area contributed by atoms with Crippen LogP contribution in [0, 0.1) is 0 Å². The highest BCUT2D eigenvalue weighted by Gasteiger charge is 2.26. The van der Waals surface area contributed by atoms with Crippen LogP contribution in [-0.4, -0.2) is 13.1 Å². The fourth-order valence-electron chi connectivity index (χ4n) is 2.45. The van der Waals surface area contributed by atoms with Gasteiger partial charge in [0.2, 0.25) is 0 Å². The van der Waals surface area contributed by atoms with Crippen LogP contribution in [0.3, 0.4) is 0 Å². The molecule has 0 spiro atoms.